The fourth-order valence-electron chi connectivity index (χ4n) is 3.41. The second-order valence-electron chi connectivity index (χ2n) is 7.00. The van der Waals surface area contributed by atoms with Crippen molar-refractivity contribution < 1.29 is 14.4 Å². The average molecular weight is 444 g/mol. The predicted octanol–water partition coefficient (Wildman–Crippen LogP) is 4.48. The molecule has 29 heavy (non-hydrogen) atoms. The van der Waals surface area contributed by atoms with Crippen LogP contribution in [0, 0.1) is 17.2 Å². The van der Waals surface area contributed by atoms with Crippen LogP contribution in [0.15, 0.2) is 22.4 Å². The summed E-state index contributed by atoms with van der Waals surface area (Å²) in [4.78, 5) is 40.6. The lowest BCUT2D eigenvalue weighted by Crippen LogP contribution is -2.36. The van der Waals surface area contributed by atoms with Crippen LogP contribution < -0.4 is 5.32 Å². The maximum atomic E-state index is 12.5. The molecule has 2 aliphatic rings. The molecule has 1 N–H and O–H groups in total. The third-order valence-electron chi connectivity index (χ3n) is 4.87. The van der Waals surface area contributed by atoms with E-state index in [0.717, 1.165) is 51.2 Å². The lowest BCUT2D eigenvalue weighted by atomic mass is 9.89. The second-order valence-corrected chi connectivity index (χ2v) is 10.1. The van der Waals surface area contributed by atoms with E-state index in [2.05, 4.69) is 18.3 Å². The number of imide groups is 1. The smallest absolute Gasteiger partial charge is 0.294 e. The van der Waals surface area contributed by atoms with Gasteiger partial charge >= 0.3 is 0 Å². The Bertz CT molecular complexity index is 1060. The maximum absolute atomic E-state index is 12.5. The summed E-state index contributed by atoms with van der Waals surface area (Å²) in [5, 5.41) is 14.2. The van der Waals surface area contributed by atoms with Crippen LogP contribution in [0.1, 0.15) is 34.2 Å². The summed E-state index contributed by atoms with van der Waals surface area (Å²) < 4.78 is 0. The number of fused-ring (bicyclic) bond motifs is 1. The van der Waals surface area contributed by atoms with Crippen LogP contribution in [0.25, 0.3) is 6.08 Å². The Kier molecular flexibility index (Phi) is 5.58. The van der Waals surface area contributed by atoms with Crippen molar-refractivity contribution in [1.82, 2.24) is 4.90 Å². The van der Waals surface area contributed by atoms with Gasteiger partial charge in [-0.05, 0) is 60.0 Å². The van der Waals surface area contributed by atoms with Gasteiger partial charge in [-0.3, -0.25) is 19.3 Å². The number of hydrogen-bond donors (Lipinski definition) is 1. The number of hydrogen-bond acceptors (Lipinski definition) is 7. The molecule has 3 heterocycles. The monoisotopic (exact) mass is 443 g/mol. The van der Waals surface area contributed by atoms with Gasteiger partial charge in [-0.2, -0.15) is 5.26 Å². The number of nitrogens with zero attached hydrogens (tertiary/aromatic N) is 2. The second kappa shape index (κ2) is 8.14. The summed E-state index contributed by atoms with van der Waals surface area (Å²) >= 11 is 3.72. The number of carbonyl (C=O) groups is 3. The van der Waals surface area contributed by atoms with Crippen molar-refractivity contribution in [1.29, 1.82) is 5.26 Å². The summed E-state index contributed by atoms with van der Waals surface area (Å²) in [6.07, 6.45) is 4.43. The van der Waals surface area contributed by atoms with Crippen LogP contribution in [0.5, 0.6) is 0 Å². The third kappa shape index (κ3) is 4.01. The van der Waals surface area contributed by atoms with Gasteiger partial charge in [0.1, 0.15) is 17.6 Å². The van der Waals surface area contributed by atoms with E-state index in [4.69, 9.17) is 0 Å². The maximum Gasteiger partial charge on any atom is 0.294 e. The molecule has 4 rings (SSSR count). The van der Waals surface area contributed by atoms with Crippen molar-refractivity contribution in [3.05, 3.63) is 43.3 Å². The molecule has 2 aromatic heterocycles. The average Bonchev–Trinajstić information content (AvgIpc) is 3.37. The minimum atomic E-state index is -0.479. The number of anilines is 1. The molecule has 1 aliphatic carbocycles. The highest BCUT2D eigenvalue weighted by molar-refractivity contribution is 8.18. The molecular formula is C20H17N3O3S3. The first kappa shape index (κ1) is 19.9. The van der Waals surface area contributed by atoms with Crippen LogP contribution >= 0.6 is 34.4 Å². The number of nitrogens with one attached hydrogen (secondary N) is 1. The molecule has 0 aromatic carbocycles. The van der Waals surface area contributed by atoms with Gasteiger partial charge in [-0.25, -0.2) is 0 Å². The number of rotatable bonds is 4. The van der Waals surface area contributed by atoms with Gasteiger partial charge in [-0.1, -0.05) is 13.0 Å². The van der Waals surface area contributed by atoms with E-state index >= 15 is 0 Å². The van der Waals surface area contributed by atoms with Crippen molar-refractivity contribution in [2.24, 2.45) is 5.92 Å². The summed E-state index contributed by atoms with van der Waals surface area (Å²) in [5.74, 6) is -0.391. The molecule has 1 fully saturated rings. The van der Waals surface area contributed by atoms with E-state index in [1.165, 1.54) is 22.7 Å². The largest absolute Gasteiger partial charge is 0.315 e. The van der Waals surface area contributed by atoms with Gasteiger partial charge in [0.15, 0.2) is 0 Å². The standard InChI is InChI=1S/C20H17N3O3S3/c1-11-4-5-13-14(9-21)18(28-15(13)7-11)22-17(24)10-23-19(25)16(29-20(23)26)8-12-3-2-6-27-12/h2-3,6,8,11H,4-5,7,10H2,1H3,(H,22,24)/b16-8-/t11-/m1/s1. The minimum Gasteiger partial charge on any atom is -0.315 e. The van der Waals surface area contributed by atoms with Crippen molar-refractivity contribution >= 4 is 62.6 Å². The molecule has 1 saturated heterocycles. The van der Waals surface area contributed by atoms with Crippen molar-refractivity contribution in [2.45, 2.75) is 26.2 Å². The topological polar surface area (TPSA) is 90.3 Å². The van der Waals surface area contributed by atoms with Crippen molar-refractivity contribution in [2.75, 3.05) is 11.9 Å². The highest BCUT2D eigenvalue weighted by Gasteiger charge is 2.36. The Morgan fingerprint density at radius 1 is 1.45 bits per heavy atom. The summed E-state index contributed by atoms with van der Waals surface area (Å²) in [5.41, 5.74) is 1.54. The van der Waals surface area contributed by atoms with E-state index in [-0.39, 0.29) is 6.54 Å². The lowest BCUT2D eigenvalue weighted by Gasteiger charge is -2.17. The van der Waals surface area contributed by atoms with E-state index in [9.17, 15) is 19.6 Å². The van der Waals surface area contributed by atoms with Crippen LogP contribution in [-0.4, -0.2) is 28.5 Å². The molecule has 2 aromatic rings. The zero-order chi connectivity index (χ0) is 20.5. The van der Waals surface area contributed by atoms with E-state index < -0.39 is 17.1 Å². The molecule has 1 atom stereocenters. The molecular weight excluding hydrogens is 426 g/mol. The highest BCUT2D eigenvalue weighted by atomic mass is 32.2. The third-order valence-corrected chi connectivity index (χ3v) is 7.76. The Labute approximate surface area is 180 Å². The van der Waals surface area contributed by atoms with E-state index in [0.29, 0.717) is 21.4 Å². The zero-order valence-electron chi connectivity index (χ0n) is 15.6. The molecule has 0 spiro atoms. The molecule has 0 radical (unpaired) electrons. The summed E-state index contributed by atoms with van der Waals surface area (Å²) in [6, 6.07) is 5.92. The zero-order valence-corrected chi connectivity index (χ0v) is 18.0. The molecule has 1 aliphatic heterocycles. The molecule has 3 amide bonds. The highest BCUT2D eigenvalue weighted by Crippen LogP contribution is 2.39. The molecule has 0 bridgehead atoms. The van der Waals surface area contributed by atoms with Gasteiger partial charge in [0.05, 0.1) is 10.5 Å². The minimum absolute atomic E-state index is 0.309. The number of nitriles is 1. The van der Waals surface area contributed by atoms with Crippen molar-refractivity contribution in [3.8, 4) is 6.07 Å². The summed E-state index contributed by atoms with van der Waals surface area (Å²) in [6.45, 7) is 1.81. The quantitative estimate of drug-likeness (QED) is 0.704. The first-order chi connectivity index (χ1) is 14.0. The van der Waals surface area contributed by atoms with Gasteiger partial charge in [0, 0.05) is 9.75 Å². The molecule has 6 nitrogen and oxygen atoms in total. The number of amides is 3. The summed E-state index contributed by atoms with van der Waals surface area (Å²) in [7, 11) is 0. The molecule has 0 saturated carbocycles. The number of carbonyl (C=O) groups excluding carboxylic acids is 3. The normalized spacial score (nSPS) is 20.1. The van der Waals surface area contributed by atoms with Crippen molar-refractivity contribution in [3.63, 3.8) is 0 Å². The number of thiophene rings is 2. The molecule has 148 valence electrons. The molecule has 0 unspecified atom stereocenters. The Morgan fingerprint density at radius 3 is 3.00 bits per heavy atom. The Balaban J connectivity index is 1.47. The van der Waals surface area contributed by atoms with Gasteiger partial charge < -0.3 is 5.32 Å². The van der Waals surface area contributed by atoms with Crippen LogP contribution in [-0.2, 0) is 22.4 Å². The van der Waals surface area contributed by atoms with E-state index in [1.54, 1.807) is 6.08 Å². The molecule has 9 heteroatoms. The Hall–Kier alpha value is -2.41. The van der Waals surface area contributed by atoms with Crippen LogP contribution in [0.4, 0.5) is 9.80 Å². The Morgan fingerprint density at radius 2 is 2.28 bits per heavy atom. The predicted molar refractivity (Wildman–Crippen MR) is 116 cm³/mol. The van der Waals surface area contributed by atoms with Gasteiger partial charge in [0.25, 0.3) is 11.1 Å². The first-order valence-electron chi connectivity index (χ1n) is 9.09. The van der Waals surface area contributed by atoms with E-state index in [1.807, 2.05) is 17.5 Å². The van der Waals surface area contributed by atoms with Crippen LogP contribution in [0.2, 0.25) is 0 Å². The lowest BCUT2D eigenvalue weighted by molar-refractivity contribution is -0.127. The van der Waals surface area contributed by atoms with Gasteiger partial charge in [-0.15, -0.1) is 22.7 Å². The first-order valence-corrected chi connectivity index (χ1v) is 11.6. The number of thioether (sulfide) groups is 1. The fraction of sp³-hybridized carbons (Fsp3) is 0.300. The van der Waals surface area contributed by atoms with Gasteiger partial charge in [0.2, 0.25) is 5.91 Å². The van der Waals surface area contributed by atoms with Crippen LogP contribution in [0.3, 0.4) is 0 Å². The SMILES string of the molecule is C[C@@H]1CCc2c(sc(NC(=O)CN3C(=O)S/C(=C\c4cccs4)C3=O)c2C#N)C1. The fourth-order valence-corrected chi connectivity index (χ4v) is 6.34.